The zero-order valence-corrected chi connectivity index (χ0v) is 10.6. The van der Waals surface area contributed by atoms with Crippen molar-refractivity contribution in [2.75, 3.05) is 5.73 Å². The SMILES string of the molecule is CC(C)n1nnnc1-c1cccc(N)c1Br. The molecule has 84 valence electrons. The predicted octanol–water partition coefficient (Wildman–Crippen LogP) is 2.27. The third-order valence-electron chi connectivity index (χ3n) is 2.25. The maximum atomic E-state index is 5.83. The van der Waals surface area contributed by atoms with Gasteiger partial charge in [0, 0.05) is 11.3 Å². The van der Waals surface area contributed by atoms with E-state index in [-0.39, 0.29) is 6.04 Å². The van der Waals surface area contributed by atoms with E-state index < -0.39 is 0 Å². The summed E-state index contributed by atoms with van der Waals surface area (Å²) in [5.74, 6) is 0.717. The number of hydrogen-bond acceptors (Lipinski definition) is 4. The zero-order chi connectivity index (χ0) is 11.7. The lowest BCUT2D eigenvalue weighted by molar-refractivity contribution is 0.519. The van der Waals surface area contributed by atoms with Crippen LogP contribution < -0.4 is 5.73 Å². The van der Waals surface area contributed by atoms with Crippen LogP contribution in [0.5, 0.6) is 0 Å². The number of nitrogen functional groups attached to an aromatic ring is 1. The molecule has 6 heteroatoms. The van der Waals surface area contributed by atoms with Gasteiger partial charge in [-0.3, -0.25) is 0 Å². The first-order chi connectivity index (χ1) is 7.61. The Morgan fingerprint density at radius 1 is 1.38 bits per heavy atom. The number of benzene rings is 1. The molecule has 0 saturated heterocycles. The standard InChI is InChI=1S/C10H12BrN5/c1-6(2)16-10(13-14-15-16)7-4-3-5-8(12)9(7)11/h3-6H,12H2,1-2H3. The van der Waals surface area contributed by atoms with Gasteiger partial charge >= 0.3 is 0 Å². The van der Waals surface area contributed by atoms with Gasteiger partial charge in [0.1, 0.15) is 0 Å². The van der Waals surface area contributed by atoms with Gasteiger partial charge in [-0.2, -0.15) is 0 Å². The molecule has 2 aromatic rings. The van der Waals surface area contributed by atoms with Crippen molar-refractivity contribution in [2.24, 2.45) is 0 Å². The molecule has 0 unspecified atom stereocenters. The molecular weight excluding hydrogens is 270 g/mol. The monoisotopic (exact) mass is 281 g/mol. The van der Waals surface area contributed by atoms with Crippen molar-refractivity contribution >= 4 is 21.6 Å². The molecule has 0 radical (unpaired) electrons. The molecule has 1 aromatic carbocycles. The number of halogens is 1. The van der Waals surface area contributed by atoms with Crippen molar-refractivity contribution in [1.29, 1.82) is 0 Å². The van der Waals surface area contributed by atoms with Crippen molar-refractivity contribution in [3.63, 3.8) is 0 Å². The van der Waals surface area contributed by atoms with Crippen molar-refractivity contribution in [3.05, 3.63) is 22.7 Å². The van der Waals surface area contributed by atoms with E-state index in [1.54, 1.807) is 4.68 Å². The molecule has 0 spiro atoms. The fraction of sp³-hybridized carbons (Fsp3) is 0.300. The minimum absolute atomic E-state index is 0.207. The van der Waals surface area contributed by atoms with Crippen molar-refractivity contribution in [2.45, 2.75) is 19.9 Å². The number of aromatic nitrogens is 4. The van der Waals surface area contributed by atoms with E-state index in [1.165, 1.54) is 0 Å². The first-order valence-electron chi connectivity index (χ1n) is 4.93. The van der Waals surface area contributed by atoms with E-state index in [1.807, 2.05) is 32.0 Å². The zero-order valence-electron chi connectivity index (χ0n) is 9.05. The summed E-state index contributed by atoms with van der Waals surface area (Å²) in [6, 6.07) is 5.86. The van der Waals surface area contributed by atoms with Gasteiger partial charge < -0.3 is 5.73 Å². The fourth-order valence-corrected chi connectivity index (χ4v) is 1.88. The molecular formula is C10H12BrN5. The second kappa shape index (κ2) is 4.21. The van der Waals surface area contributed by atoms with Crippen LogP contribution in [0, 0.1) is 0 Å². The molecule has 0 amide bonds. The van der Waals surface area contributed by atoms with Gasteiger partial charge in [0.05, 0.1) is 10.5 Å². The molecule has 2 rings (SSSR count). The maximum absolute atomic E-state index is 5.83. The van der Waals surface area contributed by atoms with Crippen LogP contribution in [0.2, 0.25) is 0 Å². The third-order valence-corrected chi connectivity index (χ3v) is 3.14. The quantitative estimate of drug-likeness (QED) is 0.858. The Kier molecular flexibility index (Phi) is 2.91. The summed E-state index contributed by atoms with van der Waals surface area (Å²) in [5, 5.41) is 11.7. The number of hydrogen-bond donors (Lipinski definition) is 1. The Bertz CT molecular complexity index is 506. The normalized spacial score (nSPS) is 11.0. The Labute approximate surface area is 102 Å². The molecule has 0 bridgehead atoms. The van der Waals surface area contributed by atoms with Crippen LogP contribution in [0.4, 0.5) is 5.69 Å². The lowest BCUT2D eigenvalue weighted by Crippen LogP contribution is -2.05. The topological polar surface area (TPSA) is 69.6 Å². The van der Waals surface area contributed by atoms with E-state index >= 15 is 0 Å². The van der Waals surface area contributed by atoms with Gasteiger partial charge in [0.15, 0.2) is 5.82 Å². The highest BCUT2D eigenvalue weighted by atomic mass is 79.9. The largest absolute Gasteiger partial charge is 0.398 e. The Hall–Kier alpha value is -1.43. The predicted molar refractivity (Wildman–Crippen MR) is 65.8 cm³/mol. The Morgan fingerprint density at radius 3 is 2.81 bits per heavy atom. The van der Waals surface area contributed by atoms with Gasteiger partial charge in [0.25, 0.3) is 0 Å². The van der Waals surface area contributed by atoms with E-state index in [9.17, 15) is 0 Å². The minimum Gasteiger partial charge on any atom is -0.398 e. The molecule has 0 aliphatic heterocycles. The maximum Gasteiger partial charge on any atom is 0.183 e. The first kappa shape index (κ1) is 11.1. The van der Waals surface area contributed by atoms with Gasteiger partial charge in [-0.1, -0.05) is 6.07 Å². The number of tetrazole rings is 1. The average Bonchev–Trinajstić information content (AvgIpc) is 2.70. The van der Waals surface area contributed by atoms with Crippen LogP contribution >= 0.6 is 15.9 Å². The Balaban J connectivity index is 2.59. The van der Waals surface area contributed by atoms with E-state index in [4.69, 9.17) is 5.73 Å². The molecule has 1 aromatic heterocycles. The highest BCUT2D eigenvalue weighted by molar-refractivity contribution is 9.10. The molecule has 0 aliphatic rings. The van der Waals surface area contributed by atoms with Crippen LogP contribution in [0.25, 0.3) is 11.4 Å². The number of nitrogens with zero attached hydrogens (tertiary/aromatic N) is 4. The highest BCUT2D eigenvalue weighted by Crippen LogP contribution is 2.31. The van der Waals surface area contributed by atoms with Crippen LogP contribution in [0.15, 0.2) is 22.7 Å². The summed E-state index contributed by atoms with van der Waals surface area (Å²) in [4.78, 5) is 0. The second-order valence-electron chi connectivity index (χ2n) is 3.75. The second-order valence-corrected chi connectivity index (χ2v) is 4.54. The van der Waals surface area contributed by atoms with Crippen LogP contribution in [0.1, 0.15) is 19.9 Å². The summed E-state index contributed by atoms with van der Waals surface area (Å²) in [6.45, 7) is 4.06. The summed E-state index contributed by atoms with van der Waals surface area (Å²) in [7, 11) is 0. The average molecular weight is 282 g/mol. The van der Waals surface area contributed by atoms with Gasteiger partial charge in [-0.25, -0.2) is 4.68 Å². The summed E-state index contributed by atoms with van der Waals surface area (Å²) in [5.41, 5.74) is 7.41. The van der Waals surface area contributed by atoms with Crippen molar-refractivity contribution in [3.8, 4) is 11.4 Å². The number of nitrogens with two attached hydrogens (primary N) is 1. The fourth-order valence-electron chi connectivity index (χ4n) is 1.44. The molecule has 1 heterocycles. The summed E-state index contributed by atoms with van der Waals surface area (Å²) >= 11 is 3.45. The minimum atomic E-state index is 0.207. The van der Waals surface area contributed by atoms with Crippen LogP contribution in [-0.2, 0) is 0 Å². The van der Waals surface area contributed by atoms with Gasteiger partial charge in [-0.15, -0.1) is 5.10 Å². The number of rotatable bonds is 2. The van der Waals surface area contributed by atoms with E-state index in [0.29, 0.717) is 11.5 Å². The lowest BCUT2D eigenvalue weighted by Gasteiger charge is -2.09. The lowest BCUT2D eigenvalue weighted by atomic mass is 10.2. The smallest absolute Gasteiger partial charge is 0.183 e. The molecule has 5 nitrogen and oxygen atoms in total. The van der Waals surface area contributed by atoms with E-state index in [0.717, 1.165) is 10.0 Å². The molecule has 0 fully saturated rings. The van der Waals surface area contributed by atoms with Gasteiger partial charge in [0.2, 0.25) is 0 Å². The molecule has 0 atom stereocenters. The first-order valence-corrected chi connectivity index (χ1v) is 5.72. The third kappa shape index (κ3) is 1.80. The van der Waals surface area contributed by atoms with E-state index in [2.05, 4.69) is 31.5 Å². The highest BCUT2D eigenvalue weighted by Gasteiger charge is 2.14. The van der Waals surface area contributed by atoms with Crippen molar-refractivity contribution in [1.82, 2.24) is 20.2 Å². The summed E-state index contributed by atoms with van der Waals surface area (Å²) < 4.78 is 2.59. The van der Waals surface area contributed by atoms with Crippen LogP contribution in [0.3, 0.4) is 0 Å². The Morgan fingerprint density at radius 2 is 2.12 bits per heavy atom. The number of anilines is 1. The molecule has 2 N–H and O–H groups in total. The van der Waals surface area contributed by atoms with Crippen molar-refractivity contribution < 1.29 is 0 Å². The van der Waals surface area contributed by atoms with Gasteiger partial charge in [-0.05, 0) is 52.3 Å². The summed E-state index contributed by atoms with van der Waals surface area (Å²) in [6.07, 6.45) is 0. The molecule has 0 aliphatic carbocycles. The molecule has 0 saturated carbocycles. The van der Waals surface area contributed by atoms with Crippen LogP contribution in [-0.4, -0.2) is 20.2 Å². The molecule has 16 heavy (non-hydrogen) atoms.